The molecule has 4 rings (SSSR count). The van der Waals surface area contributed by atoms with Crippen LogP contribution in [0, 0.1) is 11.3 Å². The molecule has 2 aromatic carbocycles. The standard InChI is InChI=1S/C31H30N4O5/c1-4-5-15-40-26-13-9-10-23(17-26)29-24(20-35(33-29)25-11-7-6-8-12-25)18-27-21(2)28(19-32)31(38)34(30(27)37)14-16-39-22(3)36/h6-13,17-18,20H,4-5,14-16H2,1-3H3/b27-18+. The number of amides is 2. The number of nitrogens with zero attached hydrogens (tertiary/aromatic N) is 4. The molecule has 0 saturated carbocycles. The number of para-hydroxylation sites is 1. The zero-order valence-corrected chi connectivity index (χ0v) is 22.7. The number of carbonyl (C=O) groups excluding carboxylic acids is 3. The minimum atomic E-state index is -0.716. The number of hydrogen-bond acceptors (Lipinski definition) is 7. The molecule has 9 nitrogen and oxygen atoms in total. The molecule has 3 aromatic rings. The number of ether oxygens (including phenoxy) is 2. The van der Waals surface area contributed by atoms with Crippen molar-refractivity contribution in [2.45, 2.75) is 33.6 Å². The summed E-state index contributed by atoms with van der Waals surface area (Å²) in [7, 11) is 0. The van der Waals surface area contributed by atoms with Crippen molar-refractivity contribution in [3.63, 3.8) is 0 Å². The largest absolute Gasteiger partial charge is 0.494 e. The van der Waals surface area contributed by atoms with E-state index in [2.05, 4.69) is 6.92 Å². The molecule has 2 heterocycles. The number of carbonyl (C=O) groups is 3. The van der Waals surface area contributed by atoms with Crippen LogP contribution in [0.1, 0.15) is 39.2 Å². The molecule has 0 N–H and O–H groups in total. The summed E-state index contributed by atoms with van der Waals surface area (Å²) in [5.74, 6) is -1.12. The number of esters is 1. The van der Waals surface area contributed by atoms with Crippen molar-refractivity contribution in [3.8, 4) is 28.8 Å². The van der Waals surface area contributed by atoms with Crippen LogP contribution in [0.4, 0.5) is 0 Å². The second kappa shape index (κ2) is 12.7. The first-order chi connectivity index (χ1) is 19.3. The van der Waals surface area contributed by atoms with E-state index in [0.29, 0.717) is 23.6 Å². The Hall–Kier alpha value is -4.97. The maximum absolute atomic E-state index is 13.5. The summed E-state index contributed by atoms with van der Waals surface area (Å²) in [4.78, 5) is 38.6. The number of nitriles is 1. The first kappa shape index (κ1) is 28.0. The van der Waals surface area contributed by atoms with E-state index < -0.39 is 17.8 Å². The average molecular weight is 539 g/mol. The van der Waals surface area contributed by atoms with Gasteiger partial charge in [0.2, 0.25) is 0 Å². The molecule has 0 atom stereocenters. The Morgan fingerprint density at radius 1 is 1.07 bits per heavy atom. The highest BCUT2D eigenvalue weighted by Crippen LogP contribution is 2.32. The van der Waals surface area contributed by atoms with E-state index in [1.807, 2.05) is 60.7 Å². The molecule has 0 unspecified atom stereocenters. The number of rotatable bonds is 10. The summed E-state index contributed by atoms with van der Waals surface area (Å²) in [5, 5.41) is 14.6. The smallest absolute Gasteiger partial charge is 0.302 e. The van der Waals surface area contributed by atoms with Gasteiger partial charge in [-0.2, -0.15) is 10.4 Å². The molecule has 204 valence electrons. The van der Waals surface area contributed by atoms with Gasteiger partial charge in [0.25, 0.3) is 11.8 Å². The Labute approximate surface area is 232 Å². The number of unbranched alkanes of at least 4 members (excludes halogenated alkanes) is 1. The Morgan fingerprint density at radius 3 is 2.55 bits per heavy atom. The lowest BCUT2D eigenvalue weighted by molar-refractivity contribution is -0.147. The average Bonchev–Trinajstić information content (AvgIpc) is 3.38. The lowest BCUT2D eigenvalue weighted by Crippen LogP contribution is -2.44. The summed E-state index contributed by atoms with van der Waals surface area (Å²) >= 11 is 0. The van der Waals surface area contributed by atoms with Crippen LogP contribution in [-0.4, -0.2) is 52.2 Å². The highest BCUT2D eigenvalue weighted by Gasteiger charge is 2.35. The Kier molecular flexibility index (Phi) is 8.92. The Bertz CT molecular complexity index is 1530. The summed E-state index contributed by atoms with van der Waals surface area (Å²) < 4.78 is 12.6. The molecule has 0 saturated heterocycles. The van der Waals surface area contributed by atoms with E-state index in [1.165, 1.54) is 6.92 Å². The first-order valence-electron chi connectivity index (χ1n) is 13.0. The molecule has 1 aliphatic rings. The van der Waals surface area contributed by atoms with Crippen LogP contribution in [0.5, 0.6) is 5.75 Å². The minimum Gasteiger partial charge on any atom is -0.494 e. The minimum absolute atomic E-state index is 0.142. The summed E-state index contributed by atoms with van der Waals surface area (Å²) in [6, 6.07) is 19.1. The predicted molar refractivity (Wildman–Crippen MR) is 149 cm³/mol. The van der Waals surface area contributed by atoms with Crippen molar-refractivity contribution < 1.29 is 23.9 Å². The first-order valence-corrected chi connectivity index (χ1v) is 13.0. The maximum atomic E-state index is 13.5. The van der Waals surface area contributed by atoms with Crippen LogP contribution >= 0.6 is 0 Å². The van der Waals surface area contributed by atoms with Gasteiger partial charge in [-0.15, -0.1) is 0 Å². The van der Waals surface area contributed by atoms with Crippen molar-refractivity contribution in [2.24, 2.45) is 0 Å². The molecule has 9 heteroatoms. The lowest BCUT2D eigenvalue weighted by Gasteiger charge is -2.27. The fraction of sp³-hybridized carbons (Fsp3) is 0.258. The van der Waals surface area contributed by atoms with Crippen LogP contribution in [-0.2, 0) is 19.1 Å². The second-order valence-electron chi connectivity index (χ2n) is 9.21. The van der Waals surface area contributed by atoms with Gasteiger partial charge in [-0.05, 0) is 49.3 Å². The van der Waals surface area contributed by atoms with Crippen LogP contribution in [0.25, 0.3) is 23.0 Å². The molecule has 1 aromatic heterocycles. The van der Waals surface area contributed by atoms with Crippen molar-refractivity contribution in [1.82, 2.24) is 14.7 Å². The maximum Gasteiger partial charge on any atom is 0.302 e. The quantitative estimate of drug-likeness (QED) is 0.156. The fourth-order valence-corrected chi connectivity index (χ4v) is 4.27. The van der Waals surface area contributed by atoms with Crippen molar-refractivity contribution in [3.05, 3.63) is 83.1 Å². The Balaban J connectivity index is 1.82. The highest BCUT2D eigenvalue weighted by molar-refractivity contribution is 6.19. The third kappa shape index (κ3) is 6.18. The van der Waals surface area contributed by atoms with Crippen molar-refractivity contribution >= 4 is 23.9 Å². The third-order valence-electron chi connectivity index (χ3n) is 6.38. The molecule has 0 bridgehead atoms. The van der Waals surface area contributed by atoms with Gasteiger partial charge in [0.1, 0.15) is 29.7 Å². The molecule has 40 heavy (non-hydrogen) atoms. The SMILES string of the molecule is CCCCOc1cccc(-c2nn(-c3ccccc3)cc2/C=C2/C(=O)N(CCOC(C)=O)C(=O)C(C#N)=C2C)c1. The van der Waals surface area contributed by atoms with E-state index >= 15 is 0 Å². The zero-order valence-electron chi connectivity index (χ0n) is 22.7. The molecule has 2 amide bonds. The van der Waals surface area contributed by atoms with E-state index in [1.54, 1.807) is 23.9 Å². The molecule has 0 fully saturated rings. The van der Waals surface area contributed by atoms with E-state index in [0.717, 1.165) is 29.0 Å². The van der Waals surface area contributed by atoms with Gasteiger partial charge in [-0.1, -0.05) is 43.7 Å². The number of imide groups is 1. The van der Waals surface area contributed by atoms with Gasteiger partial charge < -0.3 is 9.47 Å². The second-order valence-corrected chi connectivity index (χ2v) is 9.21. The van der Waals surface area contributed by atoms with E-state index in [-0.39, 0.29) is 29.9 Å². The van der Waals surface area contributed by atoms with E-state index in [9.17, 15) is 19.6 Å². The van der Waals surface area contributed by atoms with Gasteiger partial charge in [0.05, 0.1) is 18.8 Å². The zero-order chi connectivity index (χ0) is 28.6. The molecule has 0 aliphatic carbocycles. The van der Waals surface area contributed by atoms with E-state index in [4.69, 9.17) is 14.6 Å². The summed E-state index contributed by atoms with van der Waals surface area (Å²) in [6.07, 6.45) is 5.40. The monoisotopic (exact) mass is 538 g/mol. The number of hydrogen-bond donors (Lipinski definition) is 0. The fourth-order valence-electron chi connectivity index (χ4n) is 4.27. The molecule has 0 spiro atoms. The van der Waals surface area contributed by atoms with Crippen LogP contribution in [0.3, 0.4) is 0 Å². The van der Waals surface area contributed by atoms with Gasteiger partial charge >= 0.3 is 5.97 Å². The molecular formula is C31H30N4O5. The Morgan fingerprint density at radius 2 is 1.85 bits per heavy atom. The summed E-state index contributed by atoms with van der Waals surface area (Å²) in [6.45, 7) is 5.18. The number of aromatic nitrogens is 2. The van der Waals surface area contributed by atoms with Crippen molar-refractivity contribution in [2.75, 3.05) is 19.8 Å². The molecule has 0 radical (unpaired) electrons. The topological polar surface area (TPSA) is 115 Å². The van der Waals surface area contributed by atoms with Crippen molar-refractivity contribution in [1.29, 1.82) is 5.26 Å². The van der Waals surface area contributed by atoms with Gasteiger partial charge in [0, 0.05) is 29.8 Å². The van der Waals surface area contributed by atoms with Crippen LogP contribution in [0.2, 0.25) is 0 Å². The van der Waals surface area contributed by atoms with Crippen LogP contribution < -0.4 is 4.74 Å². The van der Waals surface area contributed by atoms with Gasteiger partial charge in [-0.25, -0.2) is 4.68 Å². The lowest BCUT2D eigenvalue weighted by atomic mass is 9.93. The third-order valence-corrected chi connectivity index (χ3v) is 6.38. The predicted octanol–water partition coefficient (Wildman–Crippen LogP) is 4.87. The van der Waals surface area contributed by atoms with Gasteiger partial charge in [-0.3, -0.25) is 19.3 Å². The summed E-state index contributed by atoms with van der Waals surface area (Å²) in [5.41, 5.74) is 3.13. The van der Waals surface area contributed by atoms with Crippen LogP contribution in [0.15, 0.2) is 77.5 Å². The normalized spacial score (nSPS) is 14.4. The molecule has 1 aliphatic heterocycles. The van der Waals surface area contributed by atoms with Gasteiger partial charge in [0.15, 0.2) is 0 Å². The highest BCUT2D eigenvalue weighted by atomic mass is 16.5. The molecular weight excluding hydrogens is 508 g/mol. The number of benzene rings is 2.